The summed E-state index contributed by atoms with van der Waals surface area (Å²) >= 11 is 0. The number of alkyl halides is 3. The Morgan fingerprint density at radius 1 is 1.10 bits per heavy atom. The highest BCUT2D eigenvalue weighted by Gasteiger charge is 2.61. The molecular weight excluding hydrogens is 557 g/mol. The number of carbonyl (C=O) groups is 2. The summed E-state index contributed by atoms with van der Waals surface area (Å²) in [5.41, 5.74) is -0.673. The number of hydrogen-bond donors (Lipinski definition) is 1. The number of carbonyl (C=O) groups excluding carboxylic acids is 1. The van der Waals surface area contributed by atoms with E-state index in [2.05, 4.69) is 4.98 Å². The number of halogens is 3. The van der Waals surface area contributed by atoms with Crippen LogP contribution in [-0.4, -0.2) is 65.1 Å². The molecule has 0 unspecified atom stereocenters. The molecule has 12 heteroatoms. The van der Waals surface area contributed by atoms with Gasteiger partial charge < -0.3 is 24.1 Å². The fourth-order valence-corrected chi connectivity index (χ4v) is 5.51. The van der Waals surface area contributed by atoms with Crippen LogP contribution in [0, 0.1) is 5.92 Å². The third-order valence-corrected chi connectivity index (χ3v) is 7.55. The Kier molecular flexibility index (Phi) is 10.1. The first-order chi connectivity index (χ1) is 19.5. The molecule has 0 aliphatic carbocycles. The second-order valence-corrected chi connectivity index (χ2v) is 11.4. The fraction of sp³-hybridized carbons (Fsp3) is 0.567. The minimum Gasteiger partial charge on any atom is -0.481 e. The fourth-order valence-electron chi connectivity index (χ4n) is 5.51. The van der Waals surface area contributed by atoms with Crippen LogP contribution in [0.1, 0.15) is 75.8 Å². The van der Waals surface area contributed by atoms with Gasteiger partial charge in [-0.05, 0) is 50.8 Å². The zero-order valence-corrected chi connectivity index (χ0v) is 25.1. The third-order valence-electron chi connectivity index (χ3n) is 7.55. The van der Waals surface area contributed by atoms with Crippen LogP contribution in [-0.2, 0) is 31.8 Å². The van der Waals surface area contributed by atoms with Gasteiger partial charge >= 0.3 is 18.2 Å². The van der Waals surface area contributed by atoms with Crippen LogP contribution in [0.4, 0.5) is 18.0 Å². The highest BCUT2D eigenvalue weighted by atomic mass is 19.4. The lowest BCUT2D eigenvalue weighted by Crippen LogP contribution is -2.51. The Labute approximate surface area is 243 Å². The van der Waals surface area contributed by atoms with Crippen LogP contribution in [0.25, 0.3) is 0 Å². The number of nitrogens with zero attached hydrogens (tertiary/aromatic N) is 2. The van der Waals surface area contributed by atoms with Gasteiger partial charge in [-0.2, -0.15) is 13.2 Å². The van der Waals surface area contributed by atoms with Gasteiger partial charge in [0.05, 0.1) is 43.1 Å². The van der Waals surface area contributed by atoms with Crippen LogP contribution >= 0.6 is 0 Å². The van der Waals surface area contributed by atoms with Crippen molar-refractivity contribution in [1.82, 2.24) is 9.88 Å². The van der Waals surface area contributed by atoms with E-state index in [1.165, 1.54) is 19.1 Å². The highest BCUT2D eigenvalue weighted by Crippen LogP contribution is 2.49. The molecule has 1 aliphatic rings. The summed E-state index contributed by atoms with van der Waals surface area (Å²) in [5, 5.41) is 10.5. The summed E-state index contributed by atoms with van der Waals surface area (Å²) in [6.07, 6.45) is -6.46. The number of pyridine rings is 1. The van der Waals surface area contributed by atoms with Crippen LogP contribution in [0.2, 0.25) is 0 Å². The van der Waals surface area contributed by atoms with Crippen molar-refractivity contribution in [3.05, 3.63) is 58.8 Å². The van der Waals surface area contributed by atoms with Gasteiger partial charge in [0.15, 0.2) is 0 Å². The smallest absolute Gasteiger partial charge is 0.417 e. The maximum Gasteiger partial charge on any atom is 0.417 e. The van der Waals surface area contributed by atoms with Crippen molar-refractivity contribution in [2.45, 2.75) is 90.1 Å². The molecule has 0 spiro atoms. The number of ether oxygens (including phenoxy) is 4. The normalized spacial score (nSPS) is 21.2. The molecule has 0 saturated carbocycles. The average Bonchev–Trinajstić information content (AvgIpc) is 3.27. The number of aliphatic carboxylic acids is 1. The van der Waals surface area contributed by atoms with Gasteiger partial charge in [0.25, 0.3) is 0 Å². The van der Waals surface area contributed by atoms with Gasteiger partial charge in [-0.1, -0.05) is 38.1 Å². The van der Waals surface area contributed by atoms with E-state index in [4.69, 9.17) is 18.9 Å². The van der Waals surface area contributed by atoms with Crippen molar-refractivity contribution in [1.29, 1.82) is 0 Å². The Bertz CT molecular complexity index is 1270. The number of likely N-dealkylation sites (tertiary alicyclic amines) is 1. The number of hydrogen-bond acceptors (Lipinski definition) is 7. The minimum atomic E-state index is -4.66. The number of methoxy groups -OCH3 is 2. The van der Waals surface area contributed by atoms with Crippen molar-refractivity contribution in [2.75, 3.05) is 14.2 Å². The predicted molar refractivity (Wildman–Crippen MR) is 147 cm³/mol. The SMILES string of the molecule is COc1ncc(C(F)(F)F)cc1CO[C@H]1[C@H](C(C)(C)OC)[C@@H](C(=O)O)N(C(=O)OC(C)C)[C@H]1c1ccccc1C(C)C. The first kappa shape index (κ1) is 33.1. The van der Waals surface area contributed by atoms with E-state index in [9.17, 15) is 27.9 Å². The van der Waals surface area contributed by atoms with Crippen molar-refractivity contribution in [2.24, 2.45) is 5.92 Å². The van der Waals surface area contributed by atoms with Crippen molar-refractivity contribution in [3.8, 4) is 5.88 Å². The molecule has 1 fully saturated rings. The molecule has 9 nitrogen and oxygen atoms in total. The summed E-state index contributed by atoms with van der Waals surface area (Å²) in [5.74, 6) is -2.37. The van der Waals surface area contributed by atoms with Gasteiger partial charge in [-0.25, -0.2) is 14.6 Å². The minimum absolute atomic E-state index is 0.00674. The molecule has 1 aromatic carbocycles. The maximum atomic E-state index is 13.7. The number of benzene rings is 1. The Balaban J connectivity index is 2.27. The van der Waals surface area contributed by atoms with Crippen LogP contribution in [0.15, 0.2) is 36.5 Å². The van der Waals surface area contributed by atoms with Gasteiger partial charge in [0.2, 0.25) is 5.88 Å². The summed E-state index contributed by atoms with van der Waals surface area (Å²) in [4.78, 5) is 31.6. The molecule has 2 aromatic rings. The monoisotopic (exact) mass is 596 g/mol. The van der Waals surface area contributed by atoms with Crippen molar-refractivity contribution >= 4 is 12.1 Å². The Hall–Kier alpha value is -3.38. The van der Waals surface area contributed by atoms with Crippen molar-refractivity contribution < 1.29 is 46.8 Å². The molecule has 232 valence electrons. The molecule has 1 saturated heterocycles. The van der Waals surface area contributed by atoms with E-state index in [-0.39, 0.29) is 17.4 Å². The number of carboxylic acid groups (broad SMARTS) is 1. The largest absolute Gasteiger partial charge is 0.481 e. The second-order valence-electron chi connectivity index (χ2n) is 11.4. The third kappa shape index (κ3) is 6.81. The van der Waals surface area contributed by atoms with Crippen LogP contribution in [0.3, 0.4) is 0 Å². The van der Waals surface area contributed by atoms with Crippen molar-refractivity contribution in [3.63, 3.8) is 0 Å². The quantitative estimate of drug-likeness (QED) is 0.345. The molecule has 0 radical (unpaired) electrons. The van der Waals surface area contributed by atoms with E-state index in [1.807, 2.05) is 26.0 Å². The van der Waals surface area contributed by atoms with E-state index in [0.717, 1.165) is 11.6 Å². The summed E-state index contributed by atoms with van der Waals surface area (Å²) in [7, 11) is 2.69. The molecule has 1 aliphatic heterocycles. The molecule has 3 rings (SSSR count). The molecular formula is C30H39F3N2O7. The van der Waals surface area contributed by atoms with Crippen LogP contribution in [0.5, 0.6) is 5.88 Å². The van der Waals surface area contributed by atoms with E-state index >= 15 is 0 Å². The second kappa shape index (κ2) is 12.9. The summed E-state index contributed by atoms with van der Waals surface area (Å²) in [6, 6.07) is 5.73. The Morgan fingerprint density at radius 3 is 2.26 bits per heavy atom. The zero-order chi connectivity index (χ0) is 31.6. The standard InChI is InChI=1S/C30H39F3N2O7/c1-16(2)20-11-9-10-12-21(20)23-25(41-15-18-13-19(30(31,32)33)14-34-26(18)39-7)22(29(5,6)40-8)24(27(36)37)35(23)28(38)42-17(3)4/h9-14,16-17,22-25H,15H2,1-8H3,(H,36,37)/t22-,23+,24+,25+/m1/s1. The van der Waals surface area contributed by atoms with E-state index in [1.54, 1.807) is 39.8 Å². The summed E-state index contributed by atoms with van der Waals surface area (Å²) in [6.45, 7) is 10.2. The number of carboxylic acids is 1. The predicted octanol–water partition coefficient (Wildman–Crippen LogP) is 6.21. The number of aromatic nitrogens is 1. The lowest BCUT2D eigenvalue weighted by molar-refractivity contribution is -0.150. The summed E-state index contributed by atoms with van der Waals surface area (Å²) < 4.78 is 63.5. The average molecular weight is 597 g/mol. The van der Waals surface area contributed by atoms with E-state index in [0.29, 0.717) is 11.8 Å². The van der Waals surface area contributed by atoms with Gasteiger partial charge in [-0.3, -0.25) is 4.90 Å². The lowest BCUT2D eigenvalue weighted by Gasteiger charge is -2.36. The van der Waals surface area contributed by atoms with Gasteiger partial charge in [-0.15, -0.1) is 0 Å². The maximum absolute atomic E-state index is 13.7. The first-order valence-electron chi connectivity index (χ1n) is 13.6. The molecule has 0 bridgehead atoms. The topological polar surface area (TPSA) is 107 Å². The molecule has 1 aromatic heterocycles. The molecule has 1 N–H and O–H groups in total. The molecule has 1 amide bonds. The number of amides is 1. The van der Waals surface area contributed by atoms with E-state index < -0.39 is 66.2 Å². The first-order valence-corrected chi connectivity index (χ1v) is 13.6. The molecule has 2 heterocycles. The molecule has 42 heavy (non-hydrogen) atoms. The Morgan fingerprint density at radius 2 is 1.74 bits per heavy atom. The highest BCUT2D eigenvalue weighted by molar-refractivity contribution is 5.82. The van der Waals surface area contributed by atoms with Crippen LogP contribution < -0.4 is 4.74 Å². The molecule has 4 atom stereocenters. The lowest BCUT2D eigenvalue weighted by atomic mass is 9.79. The van der Waals surface area contributed by atoms with Gasteiger partial charge in [0.1, 0.15) is 6.04 Å². The number of rotatable bonds is 10. The zero-order valence-electron chi connectivity index (χ0n) is 25.1. The van der Waals surface area contributed by atoms with Gasteiger partial charge in [0, 0.05) is 24.8 Å².